The van der Waals surface area contributed by atoms with Crippen molar-refractivity contribution in [1.82, 2.24) is 24.8 Å². The highest BCUT2D eigenvalue weighted by Crippen LogP contribution is 2.36. The van der Waals surface area contributed by atoms with E-state index in [-0.39, 0.29) is 37.3 Å². The van der Waals surface area contributed by atoms with Crippen LogP contribution in [0.25, 0.3) is 0 Å². The normalized spacial score (nSPS) is 21.8. The van der Waals surface area contributed by atoms with Crippen LogP contribution in [0.4, 0.5) is 23.7 Å². The minimum atomic E-state index is -4.75. The van der Waals surface area contributed by atoms with Crippen molar-refractivity contribution in [3.05, 3.63) is 23.6 Å². The van der Waals surface area contributed by atoms with E-state index in [1.165, 1.54) is 11.1 Å². The molecule has 0 aromatic carbocycles. The summed E-state index contributed by atoms with van der Waals surface area (Å²) in [5.41, 5.74) is 0.486. The smallest absolute Gasteiger partial charge is 0.444 e. The van der Waals surface area contributed by atoms with Crippen molar-refractivity contribution < 1.29 is 32.0 Å². The molecule has 2 aliphatic rings. The van der Waals surface area contributed by atoms with Gasteiger partial charge < -0.3 is 14.2 Å². The second-order valence-electron chi connectivity index (χ2n) is 8.98. The highest BCUT2D eigenvalue weighted by molar-refractivity contribution is 5.96. The lowest BCUT2D eigenvalue weighted by atomic mass is 10.1. The first-order chi connectivity index (χ1) is 14.8. The van der Waals surface area contributed by atoms with E-state index in [1.807, 2.05) is 6.92 Å². The van der Waals surface area contributed by atoms with Gasteiger partial charge in [-0.2, -0.15) is 23.3 Å². The van der Waals surface area contributed by atoms with E-state index in [0.717, 1.165) is 0 Å². The maximum absolute atomic E-state index is 12.8. The zero-order chi connectivity index (χ0) is 23.4. The molecule has 0 aliphatic carbocycles. The number of rotatable bonds is 2. The van der Waals surface area contributed by atoms with Crippen LogP contribution in [0, 0.1) is 0 Å². The van der Waals surface area contributed by atoms with Gasteiger partial charge in [0.25, 0.3) is 0 Å². The Hall–Kier alpha value is -3.12. The number of carbonyl (C=O) groups is 2. The number of hydrogen-bond acceptors (Lipinski definition) is 7. The van der Waals surface area contributed by atoms with Crippen molar-refractivity contribution in [2.75, 3.05) is 11.4 Å². The minimum Gasteiger partial charge on any atom is -0.444 e. The second-order valence-corrected chi connectivity index (χ2v) is 8.98. The molecule has 1 fully saturated rings. The molecule has 32 heavy (non-hydrogen) atoms. The molecule has 2 atom stereocenters. The molecule has 1 saturated heterocycles. The number of fused-ring (bicyclic) bond motifs is 1. The molecule has 10 nitrogen and oxygen atoms in total. The summed E-state index contributed by atoms with van der Waals surface area (Å²) >= 11 is 0. The molecule has 1 unspecified atom stereocenters. The number of amides is 2. The standard InChI is InChI=1S/C19H23F3N6O4/c1-10-7-28-13(9-26(10)17(30)31-18(2,3)4)12(6-23-28)27-8-11(5-14(27)29)15-24-16(32-25-15)19(20,21)22/h6,10-11H,5,7-9H2,1-4H3/t10-,11?/m0/s1. The van der Waals surface area contributed by atoms with Gasteiger partial charge in [0.15, 0.2) is 5.82 Å². The maximum Gasteiger partial charge on any atom is 0.471 e. The number of aromatic nitrogens is 4. The molecule has 0 saturated carbocycles. The van der Waals surface area contributed by atoms with E-state index < -0.39 is 29.7 Å². The number of alkyl halides is 3. The number of anilines is 1. The molecular formula is C19H23F3N6O4. The highest BCUT2D eigenvalue weighted by Gasteiger charge is 2.42. The van der Waals surface area contributed by atoms with Crippen LogP contribution in [0.2, 0.25) is 0 Å². The Morgan fingerprint density at radius 3 is 2.59 bits per heavy atom. The number of ether oxygens (including phenoxy) is 1. The van der Waals surface area contributed by atoms with Gasteiger partial charge in [0.1, 0.15) is 5.60 Å². The summed E-state index contributed by atoms with van der Waals surface area (Å²) in [6, 6.07) is -0.174. The van der Waals surface area contributed by atoms with E-state index in [4.69, 9.17) is 4.74 Å². The summed E-state index contributed by atoms with van der Waals surface area (Å²) in [4.78, 5) is 31.8. The van der Waals surface area contributed by atoms with Gasteiger partial charge in [-0.25, -0.2) is 4.79 Å². The SMILES string of the molecule is C[C@H]1Cn2ncc(N3CC(c4noc(C(F)(F)F)n4)CC3=O)c2CN1C(=O)OC(C)(C)C. The monoisotopic (exact) mass is 456 g/mol. The van der Waals surface area contributed by atoms with Crippen LogP contribution in [0.5, 0.6) is 0 Å². The number of hydrogen-bond donors (Lipinski definition) is 0. The Kier molecular flexibility index (Phi) is 5.17. The van der Waals surface area contributed by atoms with E-state index in [2.05, 4.69) is 19.8 Å². The molecule has 2 aromatic rings. The molecule has 0 bridgehead atoms. The van der Waals surface area contributed by atoms with Gasteiger partial charge in [-0.1, -0.05) is 5.16 Å². The zero-order valence-corrected chi connectivity index (χ0v) is 18.0. The molecule has 0 spiro atoms. The predicted molar refractivity (Wildman–Crippen MR) is 102 cm³/mol. The van der Waals surface area contributed by atoms with Crippen LogP contribution in [0.3, 0.4) is 0 Å². The average Bonchev–Trinajstić information content (AvgIpc) is 3.36. The Bertz CT molecular complexity index is 1040. The van der Waals surface area contributed by atoms with Gasteiger partial charge in [0.2, 0.25) is 5.91 Å². The minimum absolute atomic E-state index is 0.0619. The van der Waals surface area contributed by atoms with Crippen molar-refractivity contribution in [3.8, 4) is 0 Å². The van der Waals surface area contributed by atoms with Crippen molar-refractivity contribution >= 4 is 17.7 Å². The van der Waals surface area contributed by atoms with Gasteiger partial charge in [-0.15, -0.1) is 0 Å². The number of nitrogens with zero attached hydrogens (tertiary/aromatic N) is 6. The van der Waals surface area contributed by atoms with Crippen LogP contribution in [0.1, 0.15) is 57.4 Å². The zero-order valence-electron chi connectivity index (χ0n) is 18.0. The fourth-order valence-electron chi connectivity index (χ4n) is 3.81. The van der Waals surface area contributed by atoms with Gasteiger partial charge >= 0.3 is 18.2 Å². The quantitative estimate of drug-likeness (QED) is 0.684. The molecule has 174 valence electrons. The maximum atomic E-state index is 12.8. The Balaban J connectivity index is 1.54. The third kappa shape index (κ3) is 4.15. The van der Waals surface area contributed by atoms with E-state index >= 15 is 0 Å². The molecule has 13 heteroatoms. The molecule has 0 N–H and O–H groups in total. The fraction of sp³-hybridized carbons (Fsp3) is 0.632. The predicted octanol–water partition coefficient (Wildman–Crippen LogP) is 2.94. The second kappa shape index (κ2) is 7.48. The van der Waals surface area contributed by atoms with Crippen molar-refractivity contribution in [2.45, 2.75) is 70.9 Å². The first-order valence-electron chi connectivity index (χ1n) is 10.1. The van der Waals surface area contributed by atoms with Crippen LogP contribution in [-0.2, 0) is 28.8 Å². The van der Waals surface area contributed by atoms with E-state index in [0.29, 0.717) is 17.9 Å². The number of halogens is 3. The Morgan fingerprint density at radius 1 is 1.25 bits per heavy atom. The lowest BCUT2D eigenvalue weighted by Gasteiger charge is -2.36. The van der Waals surface area contributed by atoms with Gasteiger partial charge in [0, 0.05) is 18.9 Å². The highest BCUT2D eigenvalue weighted by atomic mass is 19.4. The third-order valence-electron chi connectivity index (χ3n) is 5.31. The average molecular weight is 456 g/mol. The Morgan fingerprint density at radius 2 is 1.97 bits per heavy atom. The number of carbonyl (C=O) groups excluding carboxylic acids is 2. The molecule has 0 radical (unpaired) electrons. The molecule has 4 rings (SSSR count). The summed E-state index contributed by atoms with van der Waals surface area (Å²) in [5, 5.41) is 7.74. The van der Waals surface area contributed by atoms with Crippen molar-refractivity contribution in [2.24, 2.45) is 0 Å². The summed E-state index contributed by atoms with van der Waals surface area (Å²) in [6.45, 7) is 7.89. The van der Waals surface area contributed by atoms with E-state index in [1.54, 1.807) is 30.4 Å². The topological polar surface area (TPSA) is 107 Å². The van der Waals surface area contributed by atoms with Crippen LogP contribution in [-0.4, -0.2) is 55.0 Å². The molecule has 2 aliphatic heterocycles. The van der Waals surface area contributed by atoms with Gasteiger partial charge in [-0.3, -0.25) is 14.4 Å². The lowest BCUT2D eigenvalue weighted by molar-refractivity contribution is -0.159. The van der Waals surface area contributed by atoms with E-state index in [9.17, 15) is 22.8 Å². The first kappa shape index (κ1) is 22.1. The van der Waals surface area contributed by atoms with Crippen LogP contribution in [0.15, 0.2) is 10.7 Å². The molecule has 2 aromatic heterocycles. The van der Waals surface area contributed by atoms with Gasteiger partial charge in [0.05, 0.1) is 36.7 Å². The first-order valence-corrected chi connectivity index (χ1v) is 10.1. The lowest BCUT2D eigenvalue weighted by Crippen LogP contribution is -2.47. The summed E-state index contributed by atoms with van der Waals surface area (Å²) in [7, 11) is 0. The molecular weight excluding hydrogens is 433 g/mol. The van der Waals surface area contributed by atoms with Crippen LogP contribution >= 0.6 is 0 Å². The molecule has 2 amide bonds. The van der Waals surface area contributed by atoms with Gasteiger partial charge in [-0.05, 0) is 27.7 Å². The fourth-order valence-corrected chi connectivity index (χ4v) is 3.81. The van der Waals surface area contributed by atoms with Crippen LogP contribution < -0.4 is 4.90 Å². The summed E-state index contributed by atoms with van der Waals surface area (Å²) in [6.07, 6.45) is -3.76. The Labute approximate surface area is 181 Å². The largest absolute Gasteiger partial charge is 0.471 e. The summed E-state index contributed by atoms with van der Waals surface area (Å²) in [5.74, 6) is -2.56. The summed E-state index contributed by atoms with van der Waals surface area (Å²) < 4.78 is 49.8. The third-order valence-corrected chi connectivity index (χ3v) is 5.31. The molecule has 4 heterocycles. The van der Waals surface area contributed by atoms with Crippen molar-refractivity contribution in [3.63, 3.8) is 0 Å². The van der Waals surface area contributed by atoms with Crippen molar-refractivity contribution in [1.29, 1.82) is 0 Å².